The van der Waals surface area contributed by atoms with Crippen molar-refractivity contribution in [2.75, 3.05) is 19.5 Å². The van der Waals surface area contributed by atoms with Gasteiger partial charge in [0, 0.05) is 16.1 Å². The summed E-state index contributed by atoms with van der Waals surface area (Å²) in [7, 11) is 3.13. The highest BCUT2D eigenvalue weighted by molar-refractivity contribution is 6.30. The number of benzene rings is 2. The van der Waals surface area contributed by atoms with Crippen LogP contribution >= 0.6 is 11.6 Å². The predicted molar refractivity (Wildman–Crippen MR) is 113 cm³/mol. The highest BCUT2D eigenvalue weighted by Gasteiger charge is 2.34. The van der Waals surface area contributed by atoms with Crippen LogP contribution in [0.5, 0.6) is 11.5 Å². The summed E-state index contributed by atoms with van der Waals surface area (Å²) < 4.78 is 12.4. The number of H-pyrrole nitrogens is 1. The van der Waals surface area contributed by atoms with Gasteiger partial charge >= 0.3 is 0 Å². The number of tetrazole rings is 1. The van der Waals surface area contributed by atoms with Gasteiger partial charge in [0.25, 0.3) is 5.56 Å². The van der Waals surface area contributed by atoms with Gasteiger partial charge < -0.3 is 14.8 Å². The van der Waals surface area contributed by atoms with Crippen LogP contribution in [-0.2, 0) is 0 Å². The fraction of sp³-hybridized carbons (Fsp3) is 0.150. The van der Waals surface area contributed by atoms with Crippen LogP contribution in [0.3, 0.4) is 0 Å². The first kappa shape index (κ1) is 19.1. The van der Waals surface area contributed by atoms with Crippen LogP contribution in [-0.4, -0.2) is 44.6 Å². The molecule has 3 heterocycles. The fourth-order valence-corrected chi connectivity index (χ4v) is 3.82. The van der Waals surface area contributed by atoms with Gasteiger partial charge in [-0.15, -0.1) is 0 Å². The highest BCUT2D eigenvalue weighted by Crippen LogP contribution is 2.42. The molecule has 0 spiro atoms. The minimum atomic E-state index is -0.540. The van der Waals surface area contributed by atoms with E-state index in [0.717, 1.165) is 11.1 Å². The molecular weight excluding hydrogens is 422 g/mol. The number of anilines is 2. The van der Waals surface area contributed by atoms with Crippen LogP contribution < -0.4 is 20.3 Å². The lowest BCUT2D eigenvalue weighted by Gasteiger charge is -2.28. The third kappa shape index (κ3) is 3.08. The molecule has 5 rings (SSSR count). The standard InChI is InChI=1S/C20H16ClN7O3/c1-30-13-8-5-11(9-14(13)31-2)18-15-16(10-3-6-12(21)7-4-10)23-24-19(29)17(15)22-20-25-26-27-28(18)20/h3-9,18H,1-2H3,(H,24,29)(H,22,25,27)/t18-/m0/s1. The second-order valence-corrected chi connectivity index (χ2v) is 7.22. The van der Waals surface area contributed by atoms with Crippen molar-refractivity contribution in [3.8, 4) is 22.8 Å². The second kappa shape index (κ2) is 7.40. The zero-order valence-electron chi connectivity index (χ0n) is 16.5. The molecule has 1 atom stereocenters. The molecule has 11 heteroatoms. The van der Waals surface area contributed by atoms with Crippen molar-refractivity contribution in [3.63, 3.8) is 0 Å². The maximum atomic E-state index is 12.7. The third-order valence-electron chi connectivity index (χ3n) is 5.11. The van der Waals surface area contributed by atoms with E-state index in [1.807, 2.05) is 24.3 Å². The van der Waals surface area contributed by atoms with E-state index in [9.17, 15) is 4.79 Å². The average molecular weight is 438 g/mol. The number of hydrogen-bond acceptors (Lipinski definition) is 8. The summed E-state index contributed by atoms with van der Waals surface area (Å²) in [5, 5.41) is 22.4. The van der Waals surface area contributed by atoms with Gasteiger partial charge in [0.05, 0.1) is 19.9 Å². The summed E-state index contributed by atoms with van der Waals surface area (Å²) in [6.45, 7) is 0. The summed E-state index contributed by atoms with van der Waals surface area (Å²) in [6.07, 6.45) is 0. The number of nitrogens with one attached hydrogen (secondary N) is 2. The Balaban J connectivity index is 1.79. The largest absolute Gasteiger partial charge is 0.493 e. The van der Waals surface area contributed by atoms with Crippen LogP contribution in [0.4, 0.5) is 11.6 Å². The first-order chi connectivity index (χ1) is 15.1. The van der Waals surface area contributed by atoms with Gasteiger partial charge in [-0.2, -0.15) is 9.78 Å². The molecule has 1 aliphatic heterocycles. The Bertz CT molecular complexity index is 1330. The molecule has 1 aliphatic rings. The lowest BCUT2D eigenvalue weighted by atomic mass is 9.92. The summed E-state index contributed by atoms with van der Waals surface area (Å²) in [4.78, 5) is 12.7. The zero-order chi connectivity index (χ0) is 21.5. The van der Waals surface area contributed by atoms with Crippen molar-refractivity contribution < 1.29 is 9.47 Å². The van der Waals surface area contributed by atoms with Crippen molar-refractivity contribution in [2.45, 2.75) is 6.04 Å². The topological polar surface area (TPSA) is 120 Å². The first-order valence-corrected chi connectivity index (χ1v) is 9.64. The molecule has 0 saturated carbocycles. The normalized spacial score (nSPS) is 14.4. The molecule has 31 heavy (non-hydrogen) atoms. The number of halogens is 1. The third-order valence-corrected chi connectivity index (χ3v) is 5.36. The monoisotopic (exact) mass is 437 g/mol. The maximum Gasteiger partial charge on any atom is 0.288 e. The number of nitrogens with zero attached hydrogens (tertiary/aromatic N) is 5. The smallest absolute Gasteiger partial charge is 0.288 e. The number of aromatic amines is 1. The summed E-state index contributed by atoms with van der Waals surface area (Å²) >= 11 is 6.06. The molecule has 0 bridgehead atoms. The molecule has 0 aliphatic carbocycles. The number of rotatable bonds is 4. The Hall–Kier alpha value is -3.92. The SMILES string of the molecule is COc1ccc([C@H]2c3c(-c4ccc(Cl)cc4)n[nH]c(=O)c3Nc3nnnn32)cc1OC. The Kier molecular flexibility index (Phi) is 4.55. The second-order valence-electron chi connectivity index (χ2n) is 6.79. The molecule has 0 unspecified atom stereocenters. The van der Waals surface area contributed by atoms with Crippen molar-refractivity contribution in [3.05, 3.63) is 69.0 Å². The molecule has 0 radical (unpaired) electrons. The highest BCUT2D eigenvalue weighted by atomic mass is 35.5. The Morgan fingerprint density at radius 3 is 2.58 bits per heavy atom. The number of methoxy groups -OCH3 is 2. The molecule has 2 N–H and O–H groups in total. The van der Waals surface area contributed by atoms with Gasteiger partial charge in [0.15, 0.2) is 11.5 Å². The molecule has 0 fully saturated rings. The lowest BCUT2D eigenvalue weighted by Crippen LogP contribution is -2.29. The molecule has 156 valence electrons. The molecule has 10 nitrogen and oxygen atoms in total. The van der Waals surface area contributed by atoms with E-state index >= 15 is 0 Å². The van der Waals surface area contributed by atoms with Crippen molar-refractivity contribution >= 4 is 23.2 Å². The van der Waals surface area contributed by atoms with Gasteiger partial charge in [-0.25, -0.2) is 5.10 Å². The minimum absolute atomic E-state index is 0.321. The predicted octanol–water partition coefficient (Wildman–Crippen LogP) is 2.79. The molecule has 0 amide bonds. The maximum absolute atomic E-state index is 12.7. The van der Waals surface area contributed by atoms with E-state index in [4.69, 9.17) is 21.1 Å². The van der Waals surface area contributed by atoms with E-state index in [0.29, 0.717) is 39.4 Å². The summed E-state index contributed by atoms with van der Waals surface area (Å²) in [5.74, 6) is 1.46. The van der Waals surface area contributed by atoms with Gasteiger partial charge in [-0.3, -0.25) is 4.79 Å². The Morgan fingerprint density at radius 1 is 1.06 bits per heavy atom. The lowest BCUT2D eigenvalue weighted by molar-refractivity contribution is 0.354. The van der Waals surface area contributed by atoms with Crippen LogP contribution in [0.15, 0.2) is 47.3 Å². The van der Waals surface area contributed by atoms with E-state index in [2.05, 4.69) is 31.0 Å². The van der Waals surface area contributed by atoms with Gasteiger partial charge in [-0.05, 0) is 40.3 Å². The fourth-order valence-electron chi connectivity index (χ4n) is 3.70. The quantitative estimate of drug-likeness (QED) is 0.440. The molecule has 2 aromatic heterocycles. The average Bonchev–Trinajstić information content (AvgIpc) is 3.27. The van der Waals surface area contributed by atoms with Crippen LogP contribution in [0, 0.1) is 0 Å². The van der Waals surface area contributed by atoms with Crippen LogP contribution in [0.2, 0.25) is 5.02 Å². The summed E-state index contributed by atoms with van der Waals surface area (Å²) in [5.41, 5.74) is 2.70. The van der Waals surface area contributed by atoms with Crippen molar-refractivity contribution in [1.82, 2.24) is 30.4 Å². The van der Waals surface area contributed by atoms with Crippen LogP contribution in [0.25, 0.3) is 11.3 Å². The van der Waals surface area contributed by atoms with Crippen molar-refractivity contribution in [1.29, 1.82) is 0 Å². The van der Waals surface area contributed by atoms with E-state index in [-0.39, 0.29) is 5.56 Å². The number of hydrogen-bond donors (Lipinski definition) is 2. The zero-order valence-corrected chi connectivity index (χ0v) is 17.2. The van der Waals surface area contributed by atoms with E-state index in [1.54, 1.807) is 37.1 Å². The number of ether oxygens (including phenoxy) is 2. The molecule has 0 saturated heterocycles. The van der Waals surface area contributed by atoms with Crippen LogP contribution in [0.1, 0.15) is 17.2 Å². The number of fused-ring (bicyclic) bond motifs is 2. The summed E-state index contributed by atoms with van der Waals surface area (Å²) in [6, 6.07) is 12.2. The Morgan fingerprint density at radius 2 is 1.84 bits per heavy atom. The van der Waals surface area contributed by atoms with Gasteiger partial charge in [0.2, 0.25) is 5.95 Å². The van der Waals surface area contributed by atoms with Gasteiger partial charge in [0.1, 0.15) is 11.7 Å². The van der Waals surface area contributed by atoms with Gasteiger partial charge in [-0.1, -0.05) is 34.9 Å². The van der Waals surface area contributed by atoms with Crippen molar-refractivity contribution in [2.24, 2.45) is 0 Å². The molecule has 2 aromatic carbocycles. The minimum Gasteiger partial charge on any atom is -0.493 e. The van der Waals surface area contributed by atoms with E-state index < -0.39 is 6.04 Å². The Labute approximate surface area is 180 Å². The first-order valence-electron chi connectivity index (χ1n) is 9.26. The molecular formula is C20H16ClN7O3. The number of aromatic nitrogens is 6. The molecule has 4 aromatic rings. The van der Waals surface area contributed by atoms with E-state index in [1.165, 1.54) is 0 Å².